The maximum Gasteiger partial charge on any atom is 0.233 e. The zero-order valence-electron chi connectivity index (χ0n) is 15.0. The molecule has 1 N–H and O–H groups in total. The maximum atomic E-state index is 12.2. The molecule has 0 saturated carbocycles. The van der Waals surface area contributed by atoms with Gasteiger partial charge in [0.25, 0.3) is 0 Å². The Labute approximate surface area is 157 Å². The standard InChI is InChI=1S/C18H23N5O2S/c1-13-18-21-15(8-16(24)20-10-14-4-3-5-19-9-14)11-22(18)6-7-23(13)17(25)12-26-2/h3-5,9,11,13H,6-8,10,12H2,1-2H3,(H,20,24)/t13-/m0/s1. The molecule has 0 aliphatic carbocycles. The lowest BCUT2D eigenvalue weighted by molar-refractivity contribution is -0.131. The Balaban J connectivity index is 1.60. The number of fused-ring (bicyclic) bond motifs is 1. The summed E-state index contributed by atoms with van der Waals surface area (Å²) in [5.41, 5.74) is 1.69. The molecule has 0 radical (unpaired) electrons. The molecule has 26 heavy (non-hydrogen) atoms. The van der Waals surface area contributed by atoms with Gasteiger partial charge in [-0.3, -0.25) is 14.6 Å². The Morgan fingerprint density at radius 3 is 2.96 bits per heavy atom. The Morgan fingerprint density at radius 2 is 2.23 bits per heavy atom. The van der Waals surface area contributed by atoms with Crippen molar-refractivity contribution in [3.8, 4) is 0 Å². The fourth-order valence-corrected chi connectivity index (χ4v) is 3.52. The van der Waals surface area contributed by atoms with Crippen LogP contribution in [0.5, 0.6) is 0 Å². The van der Waals surface area contributed by atoms with Crippen molar-refractivity contribution in [3.63, 3.8) is 0 Å². The van der Waals surface area contributed by atoms with Crippen LogP contribution in [0.15, 0.2) is 30.7 Å². The van der Waals surface area contributed by atoms with Crippen LogP contribution in [0.1, 0.15) is 30.0 Å². The summed E-state index contributed by atoms with van der Waals surface area (Å²) in [5.74, 6) is 1.39. The normalized spacial score (nSPS) is 16.2. The van der Waals surface area contributed by atoms with Gasteiger partial charge >= 0.3 is 0 Å². The van der Waals surface area contributed by atoms with Gasteiger partial charge in [0.15, 0.2) is 0 Å². The predicted octanol–water partition coefficient (Wildman–Crippen LogP) is 1.40. The molecule has 0 spiro atoms. The van der Waals surface area contributed by atoms with E-state index in [0.29, 0.717) is 25.4 Å². The van der Waals surface area contributed by atoms with Crippen molar-refractivity contribution >= 4 is 23.6 Å². The molecule has 0 aromatic carbocycles. The SMILES string of the molecule is CSCC(=O)N1CCn2cc(CC(=O)NCc3cccnc3)nc2[C@@H]1C. The Hall–Kier alpha value is -2.35. The van der Waals surface area contributed by atoms with E-state index < -0.39 is 0 Å². The fraction of sp³-hybridized carbons (Fsp3) is 0.444. The maximum absolute atomic E-state index is 12.2. The summed E-state index contributed by atoms with van der Waals surface area (Å²) >= 11 is 1.53. The van der Waals surface area contributed by atoms with Gasteiger partial charge in [0, 0.05) is 38.2 Å². The molecule has 2 aromatic heterocycles. The summed E-state index contributed by atoms with van der Waals surface area (Å²) in [6, 6.07) is 3.69. The van der Waals surface area contributed by atoms with Gasteiger partial charge in [-0.05, 0) is 24.8 Å². The quantitative estimate of drug-likeness (QED) is 0.828. The number of nitrogens with one attached hydrogen (secondary N) is 1. The van der Waals surface area contributed by atoms with Crippen LogP contribution in [-0.2, 0) is 29.1 Å². The van der Waals surface area contributed by atoms with Crippen LogP contribution in [0.4, 0.5) is 0 Å². The van der Waals surface area contributed by atoms with Crippen LogP contribution in [0.25, 0.3) is 0 Å². The van der Waals surface area contributed by atoms with Crippen molar-refractivity contribution in [2.24, 2.45) is 0 Å². The van der Waals surface area contributed by atoms with Gasteiger partial charge in [-0.15, -0.1) is 0 Å². The topological polar surface area (TPSA) is 80.1 Å². The molecule has 0 unspecified atom stereocenters. The zero-order valence-corrected chi connectivity index (χ0v) is 15.8. The summed E-state index contributed by atoms with van der Waals surface area (Å²) in [6.07, 6.45) is 7.51. The van der Waals surface area contributed by atoms with Crippen LogP contribution in [0, 0.1) is 0 Å². The van der Waals surface area contributed by atoms with E-state index >= 15 is 0 Å². The van der Waals surface area contributed by atoms with Crippen LogP contribution < -0.4 is 5.32 Å². The van der Waals surface area contributed by atoms with Gasteiger partial charge in [0.2, 0.25) is 11.8 Å². The third-order valence-electron chi connectivity index (χ3n) is 4.42. The number of imidazole rings is 1. The number of nitrogens with zero attached hydrogens (tertiary/aromatic N) is 4. The van der Waals surface area contributed by atoms with Crippen molar-refractivity contribution in [2.45, 2.75) is 32.5 Å². The molecule has 3 heterocycles. The molecule has 1 aliphatic rings. The van der Waals surface area contributed by atoms with E-state index in [4.69, 9.17) is 0 Å². The third-order valence-corrected chi connectivity index (χ3v) is 4.96. The van der Waals surface area contributed by atoms with E-state index in [1.54, 1.807) is 12.4 Å². The van der Waals surface area contributed by atoms with Crippen molar-refractivity contribution in [1.29, 1.82) is 0 Å². The lowest BCUT2D eigenvalue weighted by atomic mass is 10.2. The predicted molar refractivity (Wildman–Crippen MR) is 101 cm³/mol. The molecule has 0 fully saturated rings. The highest BCUT2D eigenvalue weighted by Gasteiger charge is 2.29. The fourth-order valence-electron chi connectivity index (χ4n) is 3.11. The second-order valence-corrected chi connectivity index (χ2v) is 7.16. The van der Waals surface area contributed by atoms with E-state index in [9.17, 15) is 9.59 Å². The van der Waals surface area contributed by atoms with Gasteiger partial charge in [-0.1, -0.05) is 6.07 Å². The molecular formula is C18H23N5O2S. The average molecular weight is 373 g/mol. The van der Waals surface area contributed by atoms with E-state index in [2.05, 4.69) is 19.9 Å². The van der Waals surface area contributed by atoms with Crippen molar-refractivity contribution in [2.75, 3.05) is 18.6 Å². The molecule has 1 atom stereocenters. The summed E-state index contributed by atoms with van der Waals surface area (Å²) < 4.78 is 2.05. The lowest BCUT2D eigenvalue weighted by Crippen LogP contribution is -2.41. The Kier molecular flexibility index (Phi) is 5.92. The minimum Gasteiger partial charge on any atom is -0.352 e. The van der Waals surface area contributed by atoms with E-state index in [0.717, 1.165) is 17.1 Å². The smallest absolute Gasteiger partial charge is 0.233 e. The number of thioether (sulfide) groups is 1. The van der Waals surface area contributed by atoms with Crippen LogP contribution >= 0.6 is 11.8 Å². The zero-order chi connectivity index (χ0) is 18.5. The first-order chi connectivity index (χ1) is 12.6. The summed E-state index contributed by atoms with van der Waals surface area (Å²) in [5, 5.41) is 2.89. The molecule has 7 nitrogen and oxygen atoms in total. The van der Waals surface area contributed by atoms with Crippen LogP contribution in [-0.4, -0.2) is 49.8 Å². The van der Waals surface area contributed by atoms with Crippen LogP contribution in [0.3, 0.4) is 0 Å². The molecule has 0 bridgehead atoms. The number of rotatable bonds is 6. The van der Waals surface area contributed by atoms with Gasteiger partial charge in [0.1, 0.15) is 5.82 Å². The lowest BCUT2D eigenvalue weighted by Gasteiger charge is -2.33. The van der Waals surface area contributed by atoms with Gasteiger partial charge in [-0.25, -0.2) is 4.98 Å². The second kappa shape index (κ2) is 8.35. The van der Waals surface area contributed by atoms with Gasteiger partial charge in [0.05, 0.1) is 23.9 Å². The largest absolute Gasteiger partial charge is 0.352 e. The van der Waals surface area contributed by atoms with Crippen LogP contribution in [0.2, 0.25) is 0 Å². The van der Waals surface area contributed by atoms with E-state index in [1.165, 1.54) is 11.8 Å². The third kappa shape index (κ3) is 4.24. The number of hydrogen-bond donors (Lipinski definition) is 1. The minimum atomic E-state index is -0.0766. The summed E-state index contributed by atoms with van der Waals surface area (Å²) in [4.78, 5) is 34.9. The molecule has 3 rings (SSSR count). The summed E-state index contributed by atoms with van der Waals surface area (Å²) in [6.45, 7) is 3.83. The number of amides is 2. The number of carbonyl (C=O) groups excluding carboxylic acids is 2. The minimum absolute atomic E-state index is 0.0735. The molecule has 2 amide bonds. The Morgan fingerprint density at radius 1 is 1.38 bits per heavy atom. The summed E-state index contributed by atoms with van der Waals surface area (Å²) in [7, 11) is 0. The first kappa shape index (κ1) is 18.4. The monoisotopic (exact) mass is 373 g/mol. The van der Waals surface area contributed by atoms with Crippen molar-refractivity contribution in [3.05, 3.63) is 47.8 Å². The van der Waals surface area contributed by atoms with Crippen molar-refractivity contribution in [1.82, 2.24) is 24.8 Å². The van der Waals surface area contributed by atoms with Gasteiger partial charge in [-0.2, -0.15) is 11.8 Å². The molecule has 8 heteroatoms. The molecule has 2 aromatic rings. The highest BCUT2D eigenvalue weighted by atomic mass is 32.2. The average Bonchev–Trinajstić information content (AvgIpc) is 3.05. The molecule has 1 aliphatic heterocycles. The molecule has 0 saturated heterocycles. The first-order valence-corrected chi connectivity index (χ1v) is 9.98. The second-order valence-electron chi connectivity index (χ2n) is 6.29. The van der Waals surface area contributed by atoms with E-state index in [1.807, 2.05) is 36.4 Å². The van der Waals surface area contributed by atoms with Crippen molar-refractivity contribution < 1.29 is 9.59 Å². The highest BCUT2D eigenvalue weighted by molar-refractivity contribution is 7.99. The molecule has 138 valence electrons. The Bertz CT molecular complexity index is 777. The highest BCUT2D eigenvalue weighted by Crippen LogP contribution is 2.25. The van der Waals surface area contributed by atoms with Gasteiger partial charge < -0.3 is 14.8 Å². The number of pyridine rings is 1. The number of aromatic nitrogens is 3. The number of carbonyl (C=O) groups is 2. The first-order valence-electron chi connectivity index (χ1n) is 8.58. The molecular weight excluding hydrogens is 350 g/mol. The van der Waals surface area contributed by atoms with E-state index in [-0.39, 0.29) is 24.3 Å². The number of hydrogen-bond acceptors (Lipinski definition) is 5.